The lowest BCUT2D eigenvalue weighted by atomic mass is 9.98. The average molecular weight is 476 g/mol. The Kier molecular flexibility index (Phi) is 5.72. The predicted molar refractivity (Wildman–Crippen MR) is 128 cm³/mol. The van der Waals surface area contributed by atoms with Gasteiger partial charge in [-0.05, 0) is 49.2 Å². The topological polar surface area (TPSA) is 128 Å². The summed E-state index contributed by atoms with van der Waals surface area (Å²) in [5, 5.41) is 8.28. The summed E-state index contributed by atoms with van der Waals surface area (Å²) in [7, 11) is 0. The molecule has 0 aromatic heterocycles. The number of carbonyl (C=O) groups is 5. The van der Waals surface area contributed by atoms with Gasteiger partial charge in [0.1, 0.15) is 12.1 Å². The zero-order valence-electron chi connectivity index (χ0n) is 19.0. The highest BCUT2D eigenvalue weighted by molar-refractivity contribution is 6.15. The molecule has 1 spiro atoms. The van der Waals surface area contributed by atoms with E-state index in [0.717, 1.165) is 17.7 Å². The quantitative estimate of drug-likeness (QED) is 0.573. The number of para-hydroxylation sites is 2. The van der Waals surface area contributed by atoms with Gasteiger partial charge in [0.05, 0.1) is 11.4 Å². The maximum absolute atomic E-state index is 13.0. The summed E-state index contributed by atoms with van der Waals surface area (Å²) < 4.78 is 0. The summed E-state index contributed by atoms with van der Waals surface area (Å²) in [6, 6.07) is 13.0. The van der Waals surface area contributed by atoms with E-state index in [2.05, 4.69) is 16.0 Å². The van der Waals surface area contributed by atoms with Crippen LogP contribution in [-0.4, -0.2) is 53.2 Å². The Bertz CT molecular complexity index is 1220. The summed E-state index contributed by atoms with van der Waals surface area (Å²) in [6.07, 6.45) is 3.04. The second-order valence-corrected chi connectivity index (χ2v) is 9.01. The zero-order valence-corrected chi connectivity index (χ0v) is 19.0. The smallest absolute Gasteiger partial charge is 0.325 e. The molecule has 1 aliphatic carbocycles. The fraction of sp³-hybridized carbons (Fsp3) is 0.320. The highest BCUT2D eigenvalue weighted by Gasteiger charge is 2.52. The molecule has 1 saturated heterocycles. The number of benzene rings is 2. The van der Waals surface area contributed by atoms with Gasteiger partial charge >= 0.3 is 6.03 Å². The molecule has 3 N–H and O–H groups in total. The van der Waals surface area contributed by atoms with Crippen LogP contribution in [0.3, 0.4) is 0 Å². The first kappa shape index (κ1) is 22.6. The molecule has 6 amide bonds. The third-order valence-corrected chi connectivity index (χ3v) is 6.70. The van der Waals surface area contributed by atoms with E-state index < -0.39 is 11.6 Å². The Morgan fingerprint density at radius 3 is 2.43 bits per heavy atom. The number of nitrogens with one attached hydrogen (secondary N) is 3. The number of anilines is 3. The minimum Gasteiger partial charge on any atom is -0.326 e. The molecule has 2 aromatic carbocycles. The number of carbonyl (C=O) groups excluding carboxylic acids is 5. The minimum absolute atomic E-state index is 0.00521. The number of fused-ring (bicyclic) bond motifs is 1. The number of hydrogen-bond acceptors (Lipinski definition) is 5. The number of imide groups is 1. The van der Waals surface area contributed by atoms with Crippen molar-refractivity contribution in [2.45, 2.75) is 37.6 Å². The van der Waals surface area contributed by atoms with Gasteiger partial charge in [0.2, 0.25) is 11.8 Å². The van der Waals surface area contributed by atoms with E-state index in [4.69, 9.17) is 0 Å². The molecule has 35 heavy (non-hydrogen) atoms. The van der Waals surface area contributed by atoms with Crippen molar-refractivity contribution in [3.05, 3.63) is 54.1 Å². The second-order valence-electron chi connectivity index (χ2n) is 9.01. The molecule has 180 valence electrons. The van der Waals surface area contributed by atoms with Crippen LogP contribution in [0.5, 0.6) is 0 Å². The van der Waals surface area contributed by atoms with Gasteiger partial charge in [-0.25, -0.2) is 4.79 Å². The van der Waals surface area contributed by atoms with E-state index >= 15 is 0 Å². The first-order chi connectivity index (χ1) is 16.9. The van der Waals surface area contributed by atoms with Crippen LogP contribution >= 0.6 is 0 Å². The molecular formula is C25H25N5O5. The van der Waals surface area contributed by atoms with Gasteiger partial charge in [-0.15, -0.1) is 0 Å². The maximum Gasteiger partial charge on any atom is 0.325 e. The maximum atomic E-state index is 13.0. The fourth-order valence-electron chi connectivity index (χ4n) is 4.90. The Hall–Kier alpha value is -4.21. The number of amides is 6. The van der Waals surface area contributed by atoms with Gasteiger partial charge in [0.15, 0.2) is 0 Å². The molecule has 0 unspecified atom stereocenters. The molecular weight excluding hydrogens is 450 g/mol. The summed E-state index contributed by atoms with van der Waals surface area (Å²) in [4.78, 5) is 65.0. The van der Waals surface area contributed by atoms with E-state index in [-0.39, 0.29) is 43.1 Å². The highest BCUT2D eigenvalue weighted by atomic mass is 16.2. The van der Waals surface area contributed by atoms with Crippen LogP contribution < -0.4 is 20.9 Å². The van der Waals surface area contributed by atoms with E-state index in [1.165, 1.54) is 4.90 Å². The van der Waals surface area contributed by atoms with Gasteiger partial charge < -0.3 is 16.0 Å². The van der Waals surface area contributed by atoms with Crippen molar-refractivity contribution in [1.82, 2.24) is 10.2 Å². The van der Waals surface area contributed by atoms with Crippen molar-refractivity contribution in [2.24, 2.45) is 0 Å². The van der Waals surface area contributed by atoms with Crippen LogP contribution in [0.4, 0.5) is 21.9 Å². The molecule has 0 radical (unpaired) electrons. The monoisotopic (exact) mass is 475 g/mol. The largest absolute Gasteiger partial charge is 0.326 e. The molecule has 10 nitrogen and oxygen atoms in total. The van der Waals surface area contributed by atoms with Crippen molar-refractivity contribution >= 4 is 46.7 Å². The van der Waals surface area contributed by atoms with Crippen LogP contribution in [0.1, 0.15) is 42.5 Å². The standard InChI is InChI=1S/C25H25N5O5/c31-20(11-14-29-23(34)25(28-24(29)35)12-3-4-13-25)26-17-9-7-16(8-10-17)22(33)30-15-21(32)27-18-5-1-2-6-19(18)30/h1-2,5-10H,3-4,11-15H2,(H,26,31)(H,27,32)(H,28,35). The number of urea groups is 1. The van der Waals surface area contributed by atoms with Gasteiger partial charge in [-0.2, -0.15) is 0 Å². The molecule has 10 heteroatoms. The molecule has 2 fully saturated rings. The van der Waals surface area contributed by atoms with Crippen molar-refractivity contribution in [2.75, 3.05) is 28.6 Å². The number of hydrogen-bond donors (Lipinski definition) is 3. The molecule has 0 atom stereocenters. The van der Waals surface area contributed by atoms with Crippen molar-refractivity contribution in [3.63, 3.8) is 0 Å². The lowest BCUT2D eigenvalue weighted by Crippen LogP contribution is -2.44. The van der Waals surface area contributed by atoms with E-state index in [1.54, 1.807) is 48.5 Å². The second kappa shape index (κ2) is 8.86. The van der Waals surface area contributed by atoms with Crippen LogP contribution in [0.25, 0.3) is 0 Å². The Morgan fingerprint density at radius 2 is 1.69 bits per heavy atom. The van der Waals surface area contributed by atoms with Crippen LogP contribution in [0, 0.1) is 0 Å². The normalized spacial score (nSPS) is 18.3. The van der Waals surface area contributed by atoms with Crippen molar-refractivity contribution in [3.8, 4) is 0 Å². The van der Waals surface area contributed by atoms with Crippen LogP contribution in [0.2, 0.25) is 0 Å². The molecule has 2 aromatic rings. The summed E-state index contributed by atoms with van der Waals surface area (Å²) in [5.41, 5.74) is 1.26. The van der Waals surface area contributed by atoms with Gasteiger partial charge in [-0.1, -0.05) is 25.0 Å². The van der Waals surface area contributed by atoms with Gasteiger partial charge in [-0.3, -0.25) is 29.0 Å². The highest BCUT2D eigenvalue weighted by Crippen LogP contribution is 2.35. The summed E-state index contributed by atoms with van der Waals surface area (Å²) in [5.74, 6) is -1.20. The Morgan fingerprint density at radius 1 is 0.971 bits per heavy atom. The Labute approximate surface area is 201 Å². The Balaban J connectivity index is 1.19. The van der Waals surface area contributed by atoms with Crippen LogP contribution in [0.15, 0.2) is 48.5 Å². The third-order valence-electron chi connectivity index (χ3n) is 6.70. The molecule has 0 bridgehead atoms. The van der Waals surface area contributed by atoms with E-state index in [9.17, 15) is 24.0 Å². The van der Waals surface area contributed by atoms with Gasteiger partial charge in [0.25, 0.3) is 11.8 Å². The number of rotatable bonds is 5. The average Bonchev–Trinajstić information content (AvgIpc) is 3.41. The third kappa shape index (κ3) is 4.23. The lowest BCUT2D eigenvalue weighted by molar-refractivity contribution is -0.131. The summed E-state index contributed by atoms with van der Waals surface area (Å²) >= 11 is 0. The molecule has 2 heterocycles. The van der Waals surface area contributed by atoms with Gasteiger partial charge in [0, 0.05) is 24.2 Å². The molecule has 3 aliphatic rings. The minimum atomic E-state index is -0.786. The van der Waals surface area contributed by atoms with Crippen molar-refractivity contribution < 1.29 is 24.0 Å². The first-order valence-corrected chi connectivity index (χ1v) is 11.6. The summed E-state index contributed by atoms with van der Waals surface area (Å²) in [6.45, 7) is -0.0797. The SMILES string of the molecule is O=C(CCN1C(=O)NC2(CCCC2)C1=O)Nc1ccc(C(=O)N2CC(=O)Nc3ccccc32)cc1. The predicted octanol–water partition coefficient (Wildman–Crippen LogP) is 2.48. The van der Waals surface area contributed by atoms with E-state index in [1.807, 2.05) is 0 Å². The fourth-order valence-corrected chi connectivity index (χ4v) is 4.90. The first-order valence-electron chi connectivity index (χ1n) is 11.6. The lowest BCUT2D eigenvalue weighted by Gasteiger charge is -2.29. The molecule has 5 rings (SSSR count). The van der Waals surface area contributed by atoms with Crippen molar-refractivity contribution in [1.29, 1.82) is 0 Å². The molecule has 1 saturated carbocycles. The van der Waals surface area contributed by atoms with E-state index in [0.29, 0.717) is 35.5 Å². The zero-order chi connectivity index (χ0) is 24.6. The molecule has 2 aliphatic heterocycles. The van der Waals surface area contributed by atoms with Crippen LogP contribution in [-0.2, 0) is 14.4 Å². The number of nitrogens with zero attached hydrogens (tertiary/aromatic N) is 2.